The Kier molecular flexibility index (Phi) is 4.85. The molecule has 0 saturated carbocycles. The highest BCUT2D eigenvalue weighted by Gasteiger charge is 2.12. The van der Waals surface area contributed by atoms with Crippen LogP contribution in [0.4, 0.5) is 5.69 Å². The largest absolute Gasteiger partial charge is 0.437 e. The number of nitrogens with zero attached hydrogens (tertiary/aromatic N) is 6. The average Bonchev–Trinajstić information content (AvgIpc) is 3.50. The monoisotopic (exact) mass is 424 g/mol. The summed E-state index contributed by atoms with van der Waals surface area (Å²) in [5, 5.41) is 10.4. The van der Waals surface area contributed by atoms with E-state index in [1.807, 2.05) is 18.3 Å². The topological polar surface area (TPSA) is 124 Å². The number of benzene rings is 1. The number of pyridine rings is 1. The first-order valence-electron chi connectivity index (χ1n) is 9.58. The molecule has 0 atom stereocenters. The minimum absolute atomic E-state index is 0.302. The van der Waals surface area contributed by atoms with Gasteiger partial charge in [-0.25, -0.2) is 19.6 Å². The second-order valence-electron chi connectivity index (χ2n) is 6.68. The number of hydrogen-bond acceptors (Lipinski definition) is 7. The second-order valence-corrected chi connectivity index (χ2v) is 6.68. The third-order valence-corrected chi connectivity index (χ3v) is 4.58. The predicted molar refractivity (Wildman–Crippen MR) is 117 cm³/mol. The first-order chi connectivity index (χ1) is 15.7. The average molecular weight is 424 g/mol. The van der Waals surface area contributed by atoms with Gasteiger partial charge in [-0.2, -0.15) is 0 Å². The minimum Gasteiger partial charge on any atom is -0.437 e. The Balaban J connectivity index is 1.42. The number of nitrogens with one attached hydrogen (secondary N) is 2. The fraction of sp³-hybridized carbons (Fsp3) is 0. The molecule has 0 unspecified atom stereocenters. The van der Waals surface area contributed by atoms with Crippen molar-refractivity contribution in [3.05, 3.63) is 80.0 Å². The maximum absolute atomic E-state index is 11.5. The summed E-state index contributed by atoms with van der Waals surface area (Å²) in [4.78, 5) is 28.1. The lowest BCUT2D eigenvalue weighted by molar-refractivity contribution is -0.111. The van der Waals surface area contributed by atoms with Crippen molar-refractivity contribution in [2.45, 2.75) is 0 Å². The minimum atomic E-state index is -0.302. The summed E-state index contributed by atoms with van der Waals surface area (Å²) < 4.78 is 7.45. The zero-order valence-electron chi connectivity index (χ0n) is 16.6. The Morgan fingerprint density at radius 2 is 2.12 bits per heavy atom. The number of aromatic nitrogens is 7. The van der Waals surface area contributed by atoms with Crippen molar-refractivity contribution in [1.29, 1.82) is 0 Å². The second kappa shape index (κ2) is 8.11. The number of carbonyl (C=O) groups excluding carboxylic acids is 1. The number of anilines is 1. The lowest BCUT2D eigenvalue weighted by Crippen LogP contribution is -2.07. The Morgan fingerprint density at radius 1 is 1.19 bits per heavy atom. The van der Waals surface area contributed by atoms with Gasteiger partial charge >= 0.3 is 0 Å². The highest BCUT2D eigenvalue weighted by molar-refractivity contribution is 5.99. The van der Waals surface area contributed by atoms with E-state index in [0.29, 0.717) is 34.3 Å². The van der Waals surface area contributed by atoms with Crippen molar-refractivity contribution in [1.82, 2.24) is 34.9 Å². The Bertz CT molecular complexity index is 1410. The molecular formula is C22H16N8O2. The molecule has 2 N–H and O–H groups in total. The quantitative estimate of drug-likeness (QED) is 0.400. The molecule has 32 heavy (non-hydrogen) atoms. The van der Waals surface area contributed by atoms with Crippen LogP contribution in [0.2, 0.25) is 0 Å². The van der Waals surface area contributed by atoms with Crippen LogP contribution in [-0.4, -0.2) is 40.8 Å². The summed E-state index contributed by atoms with van der Waals surface area (Å²) in [6.07, 6.45) is 9.61. The van der Waals surface area contributed by atoms with Crippen molar-refractivity contribution in [2.75, 3.05) is 5.32 Å². The third kappa shape index (κ3) is 3.79. The predicted octanol–water partition coefficient (Wildman–Crippen LogP) is 3.52. The molecule has 0 fully saturated rings. The molecule has 0 aliphatic rings. The maximum atomic E-state index is 11.5. The molecule has 10 nitrogen and oxygen atoms in total. The normalized spacial score (nSPS) is 10.8. The summed E-state index contributed by atoms with van der Waals surface area (Å²) in [5.41, 5.74) is 3.55. The van der Waals surface area contributed by atoms with Crippen LogP contribution in [0, 0.1) is 0 Å². The van der Waals surface area contributed by atoms with Gasteiger partial charge in [-0.05, 0) is 30.3 Å². The van der Waals surface area contributed by atoms with Gasteiger partial charge in [-0.15, -0.1) is 5.10 Å². The molecule has 156 valence electrons. The molecule has 0 saturated heterocycles. The highest BCUT2D eigenvalue weighted by Crippen LogP contribution is 2.29. The lowest BCUT2D eigenvalue weighted by atomic mass is 10.1. The van der Waals surface area contributed by atoms with Gasteiger partial charge in [-0.3, -0.25) is 4.79 Å². The molecule has 1 amide bonds. The van der Waals surface area contributed by atoms with Gasteiger partial charge in [0.15, 0.2) is 11.5 Å². The maximum Gasteiger partial charge on any atom is 0.247 e. The molecular weight excluding hydrogens is 408 g/mol. The molecule has 0 bridgehead atoms. The molecule has 0 spiro atoms. The summed E-state index contributed by atoms with van der Waals surface area (Å²) >= 11 is 0. The smallest absolute Gasteiger partial charge is 0.247 e. The van der Waals surface area contributed by atoms with Crippen LogP contribution in [0.5, 0.6) is 11.6 Å². The van der Waals surface area contributed by atoms with Crippen molar-refractivity contribution in [3.8, 4) is 28.6 Å². The molecule has 5 rings (SSSR count). The Hall–Kier alpha value is -4.86. The number of H-pyrrole nitrogens is 1. The van der Waals surface area contributed by atoms with Crippen molar-refractivity contribution < 1.29 is 9.53 Å². The van der Waals surface area contributed by atoms with Gasteiger partial charge in [0.2, 0.25) is 11.8 Å². The fourth-order valence-electron chi connectivity index (χ4n) is 3.11. The summed E-state index contributed by atoms with van der Waals surface area (Å²) in [5.74, 6) is 1.18. The zero-order chi connectivity index (χ0) is 21.9. The third-order valence-electron chi connectivity index (χ3n) is 4.58. The van der Waals surface area contributed by atoms with E-state index in [1.54, 1.807) is 47.5 Å². The highest BCUT2D eigenvalue weighted by atomic mass is 16.5. The molecule has 0 radical (unpaired) electrons. The van der Waals surface area contributed by atoms with Crippen molar-refractivity contribution in [3.63, 3.8) is 0 Å². The van der Waals surface area contributed by atoms with Crippen LogP contribution in [-0.2, 0) is 4.79 Å². The van der Waals surface area contributed by atoms with Gasteiger partial charge in [0.05, 0.1) is 18.6 Å². The molecule has 1 aromatic carbocycles. The van der Waals surface area contributed by atoms with Gasteiger partial charge in [0, 0.05) is 35.3 Å². The van der Waals surface area contributed by atoms with E-state index in [2.05, 4.69) is 42.1 Å². The number of amides is 1. The number of fused-ring (bicyclic) bond motifs is 1. The van der Waals surface area contributed by atoms with E-state index in [-0.39, 0.29) is 5.91 Å². The SMILES string of the molecule is C=CC(=O)Nc1cccc(Oc2cnc3[nH]cc(-c4ccc(-n5ccnn5)nc4)c3n2)c1. The van der Waals surface area contributed by atoms with Gasteiger partial charge in [-0.1, -0.05) is 17.9 Å². The molecule has 0 aliphatic heterocycles. The Morgan fingerprint density at radius 3 is 2.91 bits per heavy atom. The molecule has 4 heterocycles. The number of rotatable bonds is 6. The molecule has 4 aromatic heterocycles. The van der Waals surface area contributed by atoms with E-state index in [4.69, 9.17) is 4.74 Å². The van der Waals surface area contributed by atoms with Gasteiger partial charge < -0.3 is 15.0 Å². The molecule has 10 heteroatoms. The van der Waals surface area contributed by atoms with E-state index >= 15 is 0 Å². The van der Waals surface area contributed by atoms with E-state index < -0.39 is 0 Å². The number of ether oxygens (including phenoxy) is 1. The van der Waals surface area contributed by atoms with Crippen molar-refractivity contribution >= 4 is 22.8 Å². The van der Waals surface area contributed by atoms with Gasteiger partial charge in [0.1, 0.15) is 11.3 Å². The Labute approximate surface area is 181 Å². The lowest BCUT2D eigenvalue weighted by Gasteiger charge is -2.07. The number of aromatic amines is 1. The van der Waals surface area contributed by atoms with Crippen molar-refractivity contribution in [2.24, 2.45) is 0 Å². The summed E-state index contributed by atoms with van der Waals surface area (Å²) in [6, 6.07) is 10.7. The summed E-state index contributed by atoms with van der Waals surface area (Å²) in [7, 11) is 0. The van der Waals surface area contributed by atoms with Crippen LogP contribution >= 0.6 is 0 Å². The van der Waals surface area contributed by atoms with Gasteiger partial charge in [0.25, 0.3) is 0 Å². The molecule has 0 aliphatic carbocycles. The van der Waals surface area contributed by atoms with Crippen LogP contribution in [0.25, 0.3) is 28.1 Å². The number of carbonyl (C=O) groups is 1. The molecule has 5 aromatic rings. The van der Waals surface area contributed by atoms with Crippen LogP contribution < -0.4 is 10.1 Å². The van der Waals surface area contributed by atoms with E-state index in [0.717, 1.165) is 11.1 Å². The van der Waals surface area contributed by atoms with E-state index in [9.17, 15) is 4.79 Å². The van der Waals surface area contributed by atoms with Crippen LogP contribution in [0.1, 0.15) is 0 Å². The first-order valence-corrected chi connectivity index (χ1v) is 9.58. The summed E-state index contributed by atoms with van der Waals surface area (Å²) in [6.45, 7) is 3.45. The number of hydrogen-bond donors (Lipinski definition) is 2. The first kappa shape index (κ1) is 19.1. The fourth-order valence-corrected chi connectivity index (χ4v) is 3.11. The van der Waals surface area contributed by atoms with Crippen LogP contribution in [0.3, 0.4) is 0 Å². The van der Waals surface area contributed by atoms with Crippen LogP contribution in [0.15, 0.2) is 80.0 Å². The standard InChI is InChI=1S/C22H16N8O2/c1-2-19(31)27-15-4-3-5-16(10-15)32-20-13-25-22-21(28-20)17(12-24-22)14-6-7-18(23-11-14)30-9-8-26-29-30/h2-13H,1H2,(H,24,25)(H,27,31). The van der Waals surface area contributed by atoms with E-state index in [1.165, 1.54) is 12.3 Å². The zero-order valence-corrected chi connectivity index (χ0v) is 16.6.